The van der Waals surface area contributed by atoms with Crippen molar-refractivity contribution in [2.45, 2.75) is 0 Å². The number of fused-ring (bicyclic) bond motifs is 9. The van der Waals surface area contributed by atoms with Gasteiger partial charge >= 0.3 is 0 Å². The van der Waals surface area contributed by atoms with Crippen molar-refractivity contribution in [1.29, 1.82) is 0 Å². The Morgan fingerprint density at radius 1 is 0.356 bits per heavy atom. The normalized spacial score (nSPS) is 20.1. The molecule has 4 aromatic heterocycles. The number of pyridine rings is 1. The lowest BCUT2D eigenvalue weighted by Crippen LogP contribution is -1.99. The van der Waals surface area contributed by atoms with E-state index in [-0.39, 0.29) is 0 Å². The predicted molar refractivity (Wildman–Crippen MR) is 187 cm³/mol. The molecule has 0 amide bonds. The van der Waals surface area contributed by atoms with Gasteiger partial charge in [-0.2, -0.15) is 0 Å². The smallest absolute Gasteiger partial charge is 0.139 e. The summed E-state index contributed by atoms with van der Waals surface area (Å²) in [5.41, 5.74) is -5.09. The van der Waals surface area contributed by atoms with Gasteiger partial charge in [0.1, 0.15) is 5.82 Å². The number of hydrogen-bond acceptors (Lipinski definition) is 1. The SMILES string of the molecule is [2H]c1c([2H])c([2H])c(-n2c3c([2H])c([2H])c([2H])c([2H])c3c3c([2H])c(-n4c5c([2H])c(-n6c7c([2H])c([2H])c([2H])c([2H])c7c7c([2H])c([2H])c([2H])c([2H])c76)nc([2H])c5c5c([2H])c([2H])c([2H])c([2H])c54)c([2H])c([2H])c32)c([2H])c1[2H]. The Kier molecular flexibility index (Phi) is 2.08. The lowest BCUT2D eigenvalue weighted by molar-refractivity contribution is 1.08. The van der Waals surface area contributed by atoms with Crippen molar-refractivity contribution in [3.8, 4) is 17.2 Å². The lowest BCUT2D eigenvalue weighted by Gasteiger charge is -2.11. The van der Waals surface area contributed by atoms with E-state index in [0.29, 0.717) is 0 Å². The first-order chi connectivity index (χ1) is 33.2. The van der Waals surface area contributed by atoms with Gasteiger partial charge in [-0.3, -0.25) is 4.57 Å². The van der Waals surface area contributed by atoms with Crippen LogP contribution in [0.15, 0.2) is 157 Å². The predicted octanol–water partition coefficient (Wildman–Crippen LogP) is 10.4. The van der Waals surface area contributed by atoms with Crippen molar-refractivity contribution in [2.24, 2.45) is 0 Å². The van der Waals surface area contributed by atoms with Crippen molar-refractivity contribution >= 4 is 65.4 Å². The van der Waals surface area contributed by atoms with Gasteiger partial charge in [-0.15, -0.1) is 0 Å². The van der Waals surface area contributed by atoms with Gasteiger partial charge in [0.05, 0.1) is 68.7 Å². The summed E-state index contributed by atoms with van der Waals surface area (Å²) in [5.74, 6) is -0.769. The van der Waals surface area contributed by atoms with E-state index in [1.54, 1.807) is 0 Å². The van der Waals surface area contributed by atoms with E-state index < -0.39 is 240 Å². The van der Waals surface area contributed by atoms with Gasteiger partial charge in [-0.05, 0) is 54.4 Å². The van der Waals surface area contributed by atoms with E-state index in [4.69, 9.17) is 27.4 Å². The standard InChI is InChI=1S/C41H26N4/c1-2-12-27(13-3-1)43-35-18-8-6-16-31(35)33-24-28(22-23-39(33)43)44-36-19-9-7-17-32(36)34-26-42-41(25-40(34)44)45-37-20-10-4-14-29(37)30-15-5-11-21-38(30)45/h1-26H/i1D,2D,3D,4D,5D,6D,7D,8D,9D,10D,11D,12D,13D,14D,15D,16D,17D,18D,19D,20D,21D,22D,23D,24D,25D,26D. The second-order valence-corrected chi connectivity index (χ2v) is 9.72. The topological polar surface area (TPSA) is 27.7 Å². The Morgan fingerprint density at radius 2 is 0.822 bits per heavy atom. The van der Waals surface area contributed by atoms with Crippen LogP contribution < -0.4 is 0 Å². The summed E-state index contributed by atoms with van der Waals surface area (Å²) >= 11 is 0. The van der Waals surface area contributed by atoms with Gasteiger partial charge < -0.3 is 9.13 Å². The van der Waals surface area contributed by atoms with Gasteiger partial charge in [-0.25, -0.2) is 4.98 Å². The number of rotatable bonds is 3. The summed E-state index contributed by atoms with van der Waals surface area (Å²) in [6.07, 6.45) is -0.895. The van der Waals surface area contributed by atoms with Crippen molar-refractivity contribution < 1.29 is 35.6 Å². The Hall–Kier alpha value is -6.13. The highest BCUT2D eigenvalue weighted by Gasteiger charge is 2.19. The third-order valence-corrected chi connectivity index (χ3v) is 7.43. The van der Waals surface area contributed by atoms with Gasteiger partial charge in [0.25, 0.3) is 0 Å². The number of benzene rings is 6. The number of para-hydroxylation sites is 5. The molecule has 0 aliphatic rings. The Bertz CT molecular complexity index is 4140. The fourth-order valence-corrected chi connectivity index (χ4v) is 5.62. The van der Waals surface area contributed by atoms with E-state index in [0.717, 1.165) is 13.7 Å². The molecule has 0 spiro atoms. The van der Waals surface area contributed by atoms with Crippen LogP contribution in [0.25, 0.3) is 82.6 Å². The van der Waals surface area contributed by atoms with Crippen LogP contribution in [0.4, 0.5) is 0 Å². The maximum atomic E-state index is 9.95. The third kappa shape index (κ3) is 3.39. The Morgan fingerprint density at radius 3 is 1.44 bits per heavy atom. The van der Waals surface area contributed by atoms with E-state index >= 15 is 0 Å². The largest absolute Gasteiger partial charge is 0.309 e. The molecule has 0 saturated carbocycles. The van der Waals surface area contributed by atoms with Crippen molar-refractivity contribution in [3.63, 3.8) is 0 Å². The van der Waals surface area contributed by atoms with Gasteiger partial charge in [0.15, 0.2) is 0 Å². The molecular formula is C41H26N4. The van der Waals surface area contributed by atoms with E-state index in [2.05, 4.69) is 4.98 Å². The molecule has 6 aromatic carbocycles. The monoisotopic (exact) mass is 600 g/mol. The summed E-state index contributed by atoms with van der Waals surface area (Å²) in [6, 6.07) is -21.5. The summed E-state index contributed by atoms with van der Waals surface area (Å²) in [6.45, 7) is 0. The minimum atomic E-state index is -1.02. The molecule has 4 heteroatoms. The fourth-order valence-electron chi connectivity index (χ4n) is 5.62. The molecule has 45 heavy (non-hydrogen) atoms. The molecule has 0 radical (unpaired) electrons. The number of nitrogens with zero attached hydrogens (tertiary/aromatic N) is 4. The van der Waals surface area contributed by atoms with Gasteiger partial charge in [0, 0.05) is 55.9 Å². The quantitative estimate of drug-likeness (QED) is 0.198. The Labute approximate surface area is 295 Å². The molecular weight excluding hydrogens is 548 g/mol. The van der Waals surface area contributed by atoms with Gasteiger partial charge in [-0.1, -0.05) is 90.6 Å². The molecule has 0 aliphatic carbocycles. The highest BCUT2D eigenvalue weighted by Crippen LogP contribution is 2.38. The second-order valence-electron chi connectivity index (χ2n) is 9.72. The first kappa shape index (κ1) is 10.2. The first-order valence-electron chi connectivity index (χ1n) is 26.2. The van der Waals surface area contributed by atoms with Crippen LogP contribution in [0.2, 0.25) is 0 Å². The molecule has 0 unspecified atom stereocenters. The van der Waals surface area contributed by atoms with Crippen LogP contribution in [-0.4, -0.2) is 18.7 Å². The third-order valence-electron chi connectivity index (χ3n) is 7.43. The maximum Gasteiger partial charge on any atom is 0.139 e. The Balaban J connectivity index is 1.50. The van der Waals surface area contributed by atoms with Crippen molar-refractivity contribution in [3.05, 3.63) is 157 Å². The molecule has 4 nitrogen and oxygen atoms in total. The molecule has 0 fully saturated rings. The van der Waals surface area contributed by atoms with Crippen LogP contribution in [0.3, 0.4) is 0 Å². The lowest BCUT2D eigenvalue weighted by atomic mass is 10.1. The number of aromatic nitrogens is 4. The summed E-state index contributed by atoms with van der Waals surface area (Å²) < 4.78 is 234. The zero-order chi connectivity index (χ0) is 52.1. The minimum absolute atomic E-state index is 0.433. The molecule has 4 heterocycles. The summed E-state index contributed by atoms with van der Waals surface area (Å²) in [5, 5.41) is -3.05. The molecule has 0 saturated heterocycles. The van der Waals surface area contributed by atoms with E-state index in [9.17, 15) is 8.22 Å². The van der Waals surface area contributed by atoms with E-state index in [1.807, 2.05) is 0 Å². The fraction of sp³-hybridized carbons (Fsp3) is 0. The number of hydrogen-bond donors (Lipinski definition) is 0. The van der Waals surface area contributed by atoms with Crippen LogP contribution in [0, 0.1) is 0 Å². The minimum Gasteiger partial charge on any atom is -0.309 e. The molecule has 210 valence electrons. The average Bonchev–Trinajstić information content (AvgIpc) is 4.01. The molecule has 0 N–H and O–H groups in total. The highest BCUT2D eigenvalue weighted by molar-refractivity contribution is 6.13. The molecule has 0 aliphatic heterocycles. The molecule has 0 bridgehead atoms. The molecule has 10 rings (SSSR count). The van der Waals surface area contributed by atoms with Crippen molar-refractivity contribution in [1.82, 2.24) is 18.7 Å². The maximum absolute atomic E-state index is 9.95. The zero-order valence-corrected chi connectivity index (χ0v) is 22.3. The van der Waals surface area contributed by atoms with Gasteiger partial charge in [0.2, 0.25) is 0 Å². The first-order valence-corrected chi connectivity index (χ1v) is 13.2. The second kappa shape index (κ2) is 9.18. The molecule has 10 aromatic rings. The highest BCUT2D eigenvalue weighted by atomic mass is 15.1. The summed E-state index contributed by atoms with van der Waals surface area (Å²) in [4.78, 5) is 4.31. The van der Waals surface area contributed by atoms with Crippen LogP contribution >= 0.6 is 0 Å². The average molecular weight is 601 g/mol. The van der Waals surface area contributed by atoms with E-state index in [1.165, 1.54) is 0 Å². The summed E-state index contributed by atoms with van der Waals surface area (Å²) in [7, 11) is 0. The molecule has 0 atom stereocenters. The van der Waals surface area contributed by atoms with Crippen LogP contribution in [0.1, 0.15) is 35.6 Å². The van der Waals surface area contributed by atoms with Crippen LogP contribution in [0.5, 0.6) is 0 Å². The van der Waals surface area contributed by atoms with Crippen LogP contribution in [-0.2, 0) is 0 Å². The zero-order valence-electron chi connectivity index (χ0n) is 48.3. The van der Waals surface area contributed by atoms with Crippen molar-refractivity contribution in [2.75, 3.05) is 0 Å².